The van der Waals surface area contributed by atoms with Crippen molar-refractivity contribution in [1.29, 1.82) is 0 Å². The van der Waals surface area contributed by atoms with Crippen molar-refractivity contribution in [2.45, 2.75) is 26.7 Å². The van der Waals surface area contributed by atoms with E-state index in [-0.39, 0.29) is 12.5 Å². The topological polar surface area (TPSA) is 64.6 Å². The van der Waals surface area contributed by atoms with E-state index in [1.54, 1.807) is 12.1 Å². The molecule has 5 heteroatoms. The van der Waals surface area contributed by atoms with Gasteiger partial charge < -0.3 is 14.8 Å². The molecule has 3 aromatic carbocycles. The minimum absolute atomic E-state index is 0.294. The summed E-state index contributed by atoms with van der Waals surface area (Å²) in [6, 6.07) is 17.1. The van der Waals surface area contributed by atoms with Crippen LogP contribution in [0.1, 0.15) is 35.3 Å². The number of fused-ring (bicyclic) bond motifs is 1. The first-order chi connectivity index (χ1) is 14.1. The quantitative estimate of drug-likeness (QED) is 0.589. The van der Waals surface area contributed by atoms with Crippen LogP contribution in [0, 0.1) is 0 Å². The molecule has 0 saturated heterocycles. The van der Waals surface area contributed by atoms with Gasteiger partial charge in [0.15, 0.2) is 6.61 Å². The lowest BCUT2D eigenvalue weighted by atomic mass is 10.0. The van der Waals surface area contributed by atoms with E-state index in [1.807, 2.05) is 56.3 Å². The molecule has 5 nitrogen and oxygen atoms in total. The Morgan fingerprint density at radius 1 is 0.897 bits per heavy atom. The highest BCUT2D eigenvalue weighted by molar-refractivity contribution is 6.00. The van der Waals surface area contributed by atoms with Crippen LogP contribution in [0.2, 0.25) is 0 Å². The van der Waals surface area contributed by atoms with Crippen molar-refractivity contribution in [2.75, 3.05) is 19.0 Å². The number of benzene rings is 3. The second kappa shape index (κ2) is 9.24. The van der Waals surface area contributed by atoms with Crippen molar-refractivity contribution in [3.63, 3.8) is 0 Å². The van der Waals surface area contributed by atoms with Gasteiger partial charge in [-0.25, -0.2) is 4.79 Å². The molecule has 0 atom stereocenters. The van der Waals surface area contributed by atoms with Gasteiger partial charge in [-0.3, -0.25) is 4.79 Å². The lowest BCUT2D eigenvalue weighted by Gasteiger charge is -2.15. The van der Waals surface area contributed by atoms with Gasteiger partial charge in [0.05, 0.1) is 7.11 Å². The Hall–Kier alpha value is -3.34. The fraction of sp³-hybridized carbons (Fsp3) is 0.250. The van der Waals surface area contributed by atoms with E-state index in [0.29, 0.717) is 11.3 Å². The summed E-state index contributed by atoms with van der Waals surface area (Å²) in [6.07, 6.45) is 1.61. The number of methoxy groups -OCH3 is 1. The fourth-order valence-electron chi connectivity index (χ4n) is 3.34. The van der Waals surface area contributed by atoms with Crippen molar-refractivity contribution in [3.8, 4) is 5.75 Å². The molecule has 1 N–H and O–H groups in total. The normalized spacial score (nSPS) is 10.6. The van der Waals surface area contributed by atoms with Crippen molar-refractivity contribution in [2.24, 2.45) is 0 Å². The van der Waals surface area contributed by atoms with Crippen LogP contribution in [0.15, 0.2) is 54.6 Å². The van der Waals surface area contributed by atoms with Crippen molar-refractivity contribution >= 4 is 28.3 Å². The number of hydrogen-bond acceptors (Lipinski definition) is 4. The molecule has 0 aliphatic carbocycles. The molecule has 0 spiro atoms. The summed E-state index contributed by atoms with van der Waals surface area (Å²) < 4.78 is 10.6. The molecule has 0 heterocycles. The molecule has 0 saturated carbocycles. The number of amides is 1. The third-order valence-corrected chi connectivity index (χ3v) is 4.89. The van der Waals surface area contributed by atoms with E-state index in [9.17, 15) is 9.59 Å². The lowest BCUT2D eigenvalue weighted by Crippen LogP contribution is -2.22. The highest BCUT2D eigenvalue weighted by Gasteiger charge is 2.17. The highest BCUT2D eigenvalue weighted by Crippen LogP contribution is 2.27. The number of carbonyl (C=O) groups excluding carboxylic acids is 2. The third kappa shape index (κ3) is 4.57. The summed E-state index contributed by atoms with van der Waals surface area (Å²) in [6.45, 7) is 3.71. The molecule has 3 aromatic rings. The Morgan fingerprint density at radius 2 is 1.52 bits per heavy atom. The van der Waals surface area contributed by atoms with Gasteiger partial charge in [0, 0.05) is 5.69 Å². The van der Waals surface area contributed by atoms with E-state index in [4.69, 9.17) is 9.47 Å². The molecule has 0 bridgehead atoms. The third-order valence-electron chi connectivity index (χ3n) is 4.89. The number of ether oxygens (including phenoxy) is 2. The summed E-state index contributed by atoms with van der Waals surface area (Å²) >= 11 is 0. The molecule has 0 aromatic heterocycles. The van der Waals surface area contributed by atoms with E-state index in [2.05, 4.69) is 5.32 Å². The molecule has 0 aliphatic rings. The SMILES string of the molecule is CCc1cccc(CC)c1NC(=O)COC(=O)c1cc2ccccc2cc1OC. The average molecular weight is 391 g/mol. The van der Waals surface area contributed by atoms with Crippen LogP contribution in [0.3, 0.4) is 0 Å². The Kier molecular flexibility index (Phi) is 6.50. The monoisotopic (exact) mass is 391 g/mol. The smallest absolute Gasteiger partial charge is 0.342 e. The summed E-state index contributed by atoms with van der Waals surface area (Å²) in [5.74, 6) is -0.547. The van der Waals surface area contributed by atoms with E-state index >= 15 is 0 Å². The highest BCUT2D eigenvalue weighted by atomic mass is 16.5. The summed E-state index contributed by atoms with van der Waals surface area (Å²) in [5.41, 5.74) is 3.21. The standard InChI is InChI=1S/C24H25NO4/c1-4-16-11-8-12-17(5-2)23(16)25-22(26)15-29-24(27)20-13-18-9-6-7-10-19(18)14-21(20)28-3/h6-14H,4-5,15H2,1-3H3,(H,25,26). The predicted octanol–water partition coefficient (Wildman–Crippen LogP) is 4.77. The number of carbonyl (C=O) groups is 2. The van der Waals surface area contributed by atoms with E-state index in [0.717, 1.165) is 40.4 Å². The Labute approximate surface area is 170 Å². The molecule has 150 valence electrons. The minimum atomic E-state index is -0.595. The van der Waals surface area contributed by atoms with E-state index in [1.165, 1.54) is 7.11 Å². The van der Waals surface area contributed by atoms with Crippen LogP contribution in [-0.2, 0) is 22.4 Å². The molecular formula is C24H25NO4. The minimum Gasteiger partial charge on any atom is -0.496 e. The maximum Gasteiger partial charge on any atom is 0.342 e. The maximum absolute atomic E-state index is 12.6. The predicted molar refractivity (Wildman–Crippen MR) is 115 cm³/mol. The van der Waals surface area contributed by atoms with Gasteiger partial charge in [0.2, 0.25) is 0 Å². The second-order valence-electron chi connectivity index (χ2n) is 6.68. The molecule has 3 rings (SSSR count). The number of hydrogen-bond donors (Lipinski definition) is 1. The van der Waals surface area contributed by atoms with Gasteiger partial charge in [0.1, 0.15) is 11.3 Å². The van der Waals surface area contributed by atoms with Crippen molar-refractivity contribution in [1.82, 2.24) is 0 Å². The van der Waals surface area contributed by atoms with Gasteiger partial charge in [-0.1, -0.05) is 56.3 Å². The Balaban J connectivity index is 1.73. The average Bonchev–Trinajstić information content (AvgIpc) is 2.76. The van der Waals surface area contributed by atoms with Crippen molar-refractivity contribution in [3.05, 3.63) is 71.3 Å². The number of para-hydroxylation sites is 1. The van der Waals surface area contributed by atoms with Crippen LogP contribution < -0.4 is 10.1 Å². The summed E-state index contributed by atoms with van der Waals surface area (Å²) in [5, 5.41) is 4.76. The molecule has 1 amide bonds. The van der Waals surface area contributed by atoms with Crippen LogP contribution in [0.4, 0.5) is 5.69 Å². The van der Waals surface area contributed by atoms with Crippen LogP contribution in [-0.4, -0.2) is 25.6 Å². The van der Waals surface area contributed by atoms with Crippen molar-refractivity contribution < 1.29 is 19.1 Å². The lowest BCUT2D eigenvalue weighted by molar-refractivity contribution is -0.119. The van der Waals surface area contributed by atoms with Gasteiger partial charge in [0.25, 0.3) is 5.91 Å². The van der Waals surface area contributed by atoms with Gasteiger partial charge >= 0.3 is 5.97 Å². The Morgan fingerprint density at radius 3 is 2.10 bits per heavy atom. The van der Waals surface area contributed by atoms with Crippen LogP contribution >= 0.6 is 0 Å². The first kappa shape index (κ1) is 20.4. The number of anilines is 1. The molecule has 0 radical (unpaired) electrons. The van der Waals surface area contributed by atoms with Gasteiger partial charge in [-0.2, -0.15) is 0 Å². The molecule has 0 unspecified atom stereocenters. The zero-order valence-electron chi connectivity index (χ0n) is 17.0. The summed E-state index contributed by atoms with van der Waals surface area (Å²) in [4.78, 5) is 25.0. The second-order valence-corrected chi connectivity index (χ2v) is 6.68. The maximum atomic E-state index is 12.6. The van der Waals surface area contributed by atoms with Gasteiger partial charge in [-0.05, 0) is 46.9 Å². The first-order valence-electron chi connectivity index (χ1n) is 9.71. The first-order valence-corrected chi connectivity index (χ1v) is 9.71. The number of rotatable bonds is 7. The molecule has 29 heavy (non-hydrogen) atoms. The number of esters is 1. The molecule has 0 fully saturated rings. The fourth-order valence-corrected chi connectivity index (χ4v) is 3.34. The van der Waals surface area contributed by atoms with Crippen LogP contribution in [0.5, 0.6) is 5.75 Å². The molecule has 0 aliphatic heterocycles. The number of nitrogens with one attached hydrogen (secondary N) is 1. The largest absolute Gasteiger partial charge is 0.496 e. The number of aryl methyl sites for hydroxylation is 2. The summed E-state index contributed by atoms with van der Waals surface area (Å²) in [7, 11) is 1.50. The molecular weight excluding hydrogens is 366 g/mol. The Bertz CT molecular complexity index is 1020. The van der Waals surface area contributed by atoms with E-state index < -0.39 is 5.97 Å². The van der Waals surface area contributed by atoms with Gasteiger partial charge in [-0.15, -0.1) is 0 Å². The zero-order valence-corrected chi connectivity index (χ0v) is 17.0. The zero-order chi connectivity index (χ0) is 20.8. The van der Waals surface area contributed by atoms with Crippen LogP contribution in [0.25, 0.3) is 10.8 Å².